The third kappa shape index (κ3) is 2.28. The Bertz CT molecular complexity index is 739. The molecule has 1 unspecified atom stereocenters. The van der Waals surface area contributed by atoms with Gasteiger partial charge in [-0.3, -0.25) is 0 Å². The van der Waals surface area contributed by atoms with Crippen LogP contribution < -0.4 is 11.1 Å². The van der Waals surface area contributed by atoms with Crippen LogP contribution in [0, 0.1) is 0 Å². The number of hydrogen-bond donors (Lipinski definition) is 2. The molecular formula is C12H15N3O2S2. The summed E-state index contributed by atoms with van der Waals surface area (Å²) in [6, 6.07) is 3.85. The Morgan fingerprint density at radius 3 is 2.95 bits per heavy atom. The van der Waals surface area contributed by atoms with Gasteiger partial charge in [0.05, 0.1) is 33.1 Å². The van der Waals surface area contributed by atoms with Crippen LogP contribution in [0.15, 0.2) is 17.6 Å². The molecule has 0 aliphatic carbocycles. The fraction of sp³-hybridized carbons (Fsp3) is 0.417. The van der Waals surface area contributed by atoms with Gasteiger partial charge in [-0.2, -0.15) is 0 Å². The van der Waals surface area contributed by atoms with Crippen LogP contribution in [0.5, 0.6) is 0 Å². The first kappa shape index (κ1) is 12.7. The number of nitrogen functional groups attached to an aromatic ring is 1. The lowest BCUT2D eigenvalue weighted by atomic mass is 10.0. The number of thiazole rings is 1. The molecule has 1 aliphatic heterocycles. The third-order valence-corrected chi connectivity index (χ3v) is 6.18. The summed E-state index contributed by atoms with van der Waals surface area (Å²) in [6.45, 7) is 1.92. The molecule has 1 aromatic heterocycles. The van der Waals surface area contributed by atoms with Gasteiger partial charge in [-0.1, -0.05) is 0 Å². The van der Waals surface area contributed by atoms with Crippen molar-refractivity contribution in [2.75, 3.05) is 22.6 Å². The molecule has 3 rings (SSSR count). The Kier molecular flexibility index (Phi) is 2.72. The lowest BCUT2D eigenvalue weighted by Gasteiger charge is -2.26. The van der Waals surface area contributed by atoms with E-state index in [2.05, 4.69) is 10.3 Å². The second-order valence-corrected chi connectivity index (χ2v) is 8.32. The molecule has 1 aromatic carbocycles. The van der Waals surface area contributed by atoms with Crippen molar-refractivity contribution >= 4 is 42.8 Å². The van der Waals surface area contributed by atoms with Crippen LogP contribution in [0.25, 0.3) is 10.2 Å². The van der Waals surface area contributed by atoms with E-state index in [9.17, 15) is 8.42 Å². The predicted octanol–water partition coefficient (Wildman–Crippen LogP) is 1.87. The molecular weight excluding hydrogens is 282 g/mol. The van der Waals surface area contributed by atoms with Crippen molar-refractivity contribution in [1.82, 2.24) is 4.98 Å². The van der Waals surface area contributed by atoms with Crippen molar-refractivity contribution in [1.29, 1.82) is 0 Å². The van der Waals surface area contributed by atoms with Gasteiger partial charge in [0.2, 0.25) is 0 Å². The van der Waals surface area contributed by atoms with Gasteiger partial charge in [0, 0.05) is 5.54 Å². The van der Waals surface area contributed by atoms with Gasteiger partial charge >= 0.3 is 0 Å². The number of hydrogen-bond acceptors (Lipinski definition) is 6. The van der Waals surface area contributed by atoms with Crippen molar-refractivity contribution in [2.24, 2.45) is 0 Å². The summed E-state index contributed by atoms with van der Waals surface area (Å²) in [6.07, 6.45) is 0.601. The van der Waals surface area contributed by atoms with Gasteiger partial charge in [-0.15, -0.1) is 11.3 Å². The molecule has 19 heavy (non-hydrogen) atoms. The molecule has 1 fully saturated rings. The van der Waals surface area contributed by atoms with Gasteiger partial charge in [-0.25, -0.2) is 13.4 Å². The smallest absolute Gasteiger partial charge is 0.152 e. The quantitative estimate of drug-likeness (QED) is 0.827. The van der Waals surface area contributed by atoms with Crippen LogP contribution in [0.2, 0.25) is 0 Å². The van der Waals surface area contributed by atoms with E-state index in [-0.39, 0.29) is 11.5 Å². The van der Waals surface area contributed by atoms with Gasteiger partial charge in [0.15, 0.2) is 9.84 Å². The summed E-state index contributed by atoms with van der Waals surface area (Å²) in [7, 11) is -2.94. The highest BCUT2D eigenvalue weighted by Gasteiger charge is 2.38. The number of fused-ring (bicyclic) bond motifs is 1. The number of nitrogens with zero attached hydrogens (tertiary/aromatic N) is 1. The largest absolute Gasteiger partial charge is 0.395 e. The van der Waals surface area contributed by atoms with E-state index in [1.54, 1.807) is 5.51 Å². The summed E-state index contributed by atoms with van der Waals surface area (Å²) in [5.41, 5.74) is 9.54. The van der Waals surface area contributed by atoms with Crippen molar-refractivity contribution < 1.29 is 8.42 Å². The van der Waals surface area contributed by atoms with E-state index >= 15 is 0 Å². The minimum Gasteiger partial charge on any atom is -0.395 e. The van der Waals surface area contributed by atoms with Crippen molar-refractivity contribution in [2.45, 2.75) is 18.9 Å². The Balaban J connectivity index is 1.96. The lowest BCUT2D eigenvalue weighted by Crippen LogP contribution is -2.36. The first-order valence-electron chi connectivity index (χ1n) is 5.99. The van der Waals surface area contributed by atoms with Crippen molar-refractivity contribution in [3.63, 3.8) is 0 Å². The number of sulfone groups is 1. The number of anilines is 2. The molecule has 2 aromatic rings. The van der Waals surface area contributed by atoms with Crippen molar-refractivity contribution in [3.05, 3.63) is 17.6 Å². The first-order chi connectivity index (χ1) is 8.89. The van der Waals surface area contributed by atoms with Crippen molar-refractivity contribution in [3.8, 4) is 0 Å². The summed E-state index contributed by atoms with van der Waals surface area (Å²) >= 11 is 1.54. The van der Waals surface area contributed by atoms with Gasteiger partial charge in [0.1, 0.15) is 5.52 Å². The standard InChI is InChI=1S/C12H15N3O2S2/c1-12(4-5-19(16,17)6-12)15-8-2-3-9-11(10(8)13)14-7-18-9/h2-3,7,15H,4-6,13H2,1H3. The highest BCUT2D eigenvalue weighted by Crippen LogP contribution is 2.34. The van der Waals surface area contributed by atoms with Gasteiger partial charge in [-0.05, 0) is 25.5 Å². The maximum absolute atomic E-state index is 11.6. The molecule has 3 N–H and O–H groups in total. The minimum atomic E-state index is -2.94. The highest BCUT2D eigenvalue weighted by atomic mass is 32.2. The van der Waals surface area contributed by atoms with E-state index in [0.717, 1.165) is 15.9 Å². The number of rotatable bonds is 2. The Hall–Kier alpha value is -1.34. The molecule has 0 radical (unpaired) electrons. The summed E-state index contributed by atoms with van der Waals surface area (Å²) in [5.74, 6) is 0.379. The van der Waals surface area contributed by atoms with E-state index in [1.807, 2.05) is 19.1 Å². The molecule has 7 heteroatoms. The first-order valence-corrected chi connectivity index (χ1v) is 8.69. The lowest BCUT2D eigenvalue weighted by molar-refractivity contribution is 0.574. The molecule has 0 bridgehead atoms. The van der Waals surface area contributed by atoms with Crippen LogP contribution in [0.4, 0.5) is 11.4 Å². The maximum atomic E-state index is 11.6. The average molecular weight is 297 g/mol. The van der Waals surface area contributed by atoms with E-state index in [4.69, 9.17) is 5.73 Å². The van der Waals surface area contributed by atoms with E-state index < -0.39 is 15.4 Å². The molecule has 5 nitrogen and oxygen atoms in total. The molecule has 0 spiro atoms. The second-order valence-electron chi connectivity index (χ2n) is 5.25. The minimum absolute atomic E-state index is 0.147. The highest BCUT2D eigenvalue weighted by molar-refractivity contribution is 7.91. The fourth-order valence-corrected chi connectivity index (χ4v) is 5.28. The summed E-state index contributed by atoms with van der Waals surface area (Å²) in [5, 5.41) is 3.28. The Morgan fingerprint density at radius 1 is 1.47 bits per heavy atom. The van der Waals surface area contributed by atoms with E-state index in [0.29, 0.717) is 12.1 Å². The molecule has 1 saturated heterocycles. The zero-order valence-corrected chi connectivity index (χ0v) is 12.1. The maximum Gasteiger partial charge on any atom is 0.152 e. The predicted molar refractivity (Wildman–Crippen MR) is 79.3 cm³/mol. The number of nitrogens with two attached hydrogens (primary N) is 1. The SMILES string of the molecule is CC1(Nc2ccc3scnc3c2N)CCS(=O)(=O)C1. The Morgan fingerprint density at radius 2 is 2.26 bits per heavy atom. The number of benzene rings is 1. The molecule has 102 valence electrons. The average Bonchev–Trinajstić information content (AvgIpc) is 2.88. The van der Waals surface area contributed by atoms with Gasteiger partial charge < -0.3 is 11.1 Å². The van der Waals surface area contributed by atoms with Crippen LogP contribution >= 0.6 is 11.3 Å². The monoisotopic (exact) mass is 297 g/mol. The fourth-order valence-electron chi connectivity index (χ4n) is 2.50. The third-order valence-electron chi connectivity index (χ3n) is 3.48. The van der Waals surface area contributed by atoms with Crippen LogP contribution in [-0.2, 0) is 9.84 Å². The molecule has 1 atom stereocenters. The summed E-state index contributed by atoms with van der Waals surface area (Å²) < 4.78 is 24.3. The molecule has 1 aliphatic rings. The van der Waals surface area contributed by atoms with Gasteiger partial charge in [0.25, 0.3) is 0 Å². The van der Waals surface area contributed by atoms with Crippen LogP contribution in [-0.4, -0.2) is 30.4 Å². The number of aromatic nitrogens is 1. The molecule has 0 saturated carbocycles. The zero-order valence-electron chi connectivity index (χ0n) is 10.5. The summed E-state index contributed by atoms with van der Waals surface area (Å²) in [4.78, 5) is 4.24. The Labute approximate surface area is 115 Å². The topological polar surface area (TPSA) is 85.1 Å². The zero-order chi connectivity index (χ0) is 13.7. The normalized spacial score (nSPS) is 25.7. The molecule has 0 amide bonds. The van der Waals surface area contributed by atoms with Crippen LogP contribution in [0.1, 0.15) is 13.3 Å². The molecule has 2 heterocycles. The second kappa shape index (κ2) is 4.08. The number of nitrogens with one attached hydrogen (secondary N) is 1. The van der Waals surface area contributed by atoms with Crippen LogP contribution in [0.3, 0.4) is 0 Å². The van der Waals surface area contributed by atoms with E-state index in [1.165, 1.54) is 11.3 Å².